The van der Waals surface area contributed by atoms with Crippen LogP contribution < -0.4 is 20.3 Å². The zero-order valence-electron chi connectivity index (χ0n) is 18.5. The zero-order valence-corrected chi connectivity index (χ0v) is 18.5. The molecule has 1 aromatic heterocycles. The quantitative estimate of drug-likeness (QED) is 0.389. The third-order valence-electron chi connectivity index (χ3n) is 6.49. The molecule has 3 aromatic rings. The molecule has 2 atom stereocenters. The van der Waals surface area contributed by atoms with Gasteiger partial charge in [0.15, 0.2) is 17.3 Å². The maximum atomic E-state index is 13.5. The van der Waals surface area contributed by atoms with Crippen molar-refractivity contribution in [3.63, 3.8) is 0 Å². The SMILES string of the molecule is COc1ccc(C2CC(=O)C3=C(C2)Nc2[nH][nH]c(=O)c2C3c2ccc([N+](=O)[O-])cc2)cc1OC. The van der Waals surface area contributed by atoms with Gasteiger partial charge in [0.1, 0.15) is 5.82 Å². The highest BCUT2D eigenvalue weighted by atomic mass is 16.6. The van der Waals surface area contributed by atoms with Crippen molar-refractivity contribution in [2.24, 2.45) is 0 Å². The molecule has 10 heteroatoms. The van der Waals surface area contributed by atoms with Crippen molar-refractivity contribution < 1.29 is 19.2 Å². The van der Waals surface area contributed by atoms with Crippen molar-refractivity contribution >= 4 is 17.3 Å². The van der Waals surface area contributed by atoms with E-state index in [1.54, 1.807) is 26.4 Å². The minimum Gasteiger partial charge on any atom is -0.493 e. The van der Waals surface area contributed by atoms with E-state index in [9.17, 15) is 19.7 Å². The number of nitro benzene ring substituents is 1. The van der Waals surface area contributed by atoms with Gasteiger partial charge in [0.2, 0.25) is 0 Å². The highest BCUT2D eigenvalue weighted by molar-refractivity contribution is 6.01. The number of ether oxygens (including phenoxy) is 2. The van der Waals surface area contributed by atoms with Gasteiger partial charge in [-0.2, -0.15) is 0 Å². The molecule has 3 N–H and O–H groups in total. The van der Waals surface area contributed by atoms with Crippen LogP contribution >= 0.6 is 0 Å². The lowest BCUT2D eigenvalue weighted by Crippen LogP contribution is -2.31. The van der Waals surface area contributed by atoms with Gasteiger partial charge in [-0.3, -0.25) is 29.9 Å². The fourth-order valence-electron chi connectivity index (χ4n) is 4.89. The lowest BCUT2D eigenvalue weighted by atomic mass is 9.73. The van der Waals surface area contributed by atoms with Crippen LogP contribution in [0.15, 0.2) is 58.5 Å². The van der Waals surface area contributed by atoms with Crippen LogP contribution in [0.1, 0.15) is 41.4 Å². The number of aromatic amines is 2. The monoisotopic (exact) mass is 462 g/mol. The van der Waals surface area contributed by atoms with Gasteiger partial charge < -0.3 is 14.8 Å². The summed E-state index contributed by atoms with van der Waals surface area (Å²) in [6.45, 7) is 0. The van der Waals surface area contributed by atoms with Crippen molar-refractivity contribution in [3.8, 4) is 11.5 Å². The molecule has 1 aliphatic heterocycles. The van der Waals surface area contributed by atoms with E-state index in [1.165, 1.54) is 12.1 Å². The minimum atomic E-state index is -0.624. The second-order valence-corrected chi connectivity index (χ2v) is 8.31. The Labute approximate surface area is 193 Å². The molecule has 0 spiro atoms. The van der Waals surface area contributed by atoms with Crippen molar-refractivity contribution in [1.82, 2.24) is 10.2 Å². The van der Waals surface area contributed by atoms with Gasteiger partial charge in [0.25, 0.3) is 11.2 Å². The standard InChI is InChI=1S/C24H22N4O6/c1-33-18-8-5-13(11-19(18)34-2)14-9-16-21(17(29)10-14)20(22-23(25-16)26-27-24(22)30)12-3-6-15(7-4-12)28(31)32/h3-8,11,14,20H,9-10H2,1-2H3,(H3,25,26,27,30). The van der Waals surface area contributed by atoms with Gasteiger partial charge in [0.05, 0.1) is 24.7 Å². The Bertz CT molecular complexity index is 1390. The Kier molecular flexibility index (Phi) is 5.20. The third-order valence-corrected chi connectivity index (χ3v) is 6.49. The van der Waals surface area contributed by atoms with E-state index >= 15 is 0 Å². The average molecular weight is 462 g/mol. The molecular formula is C24H22N4O6. The fraction of sp³-hybridized carbons (Fsp3) is 0.250. The molecule has 0 saturated heterocycles. The number of ketones is 1. The van der Waals surface area contributed by atoms with E-state index in [0.29, 0.717) is 40.4 Å². The lowest BCUT2D eigenvalue weighted by molar-refractivity contribution is -0.384. The predicted octanol–water partition coefficient (Wildman–Crippen LogP) is 3.59. The number of carbonyl (C=O) groups is 1. The van der Waals surface area contributed by atoms with Crippen LogP contribution in [-0.2, 0) is 4.79 Å². The second-order valence-electron chi connectivity index (χ2n) is 8.31. The summed E-state index contributed by atoms with van der Waals surface area (Å²) in [5, 5.41) is 19.8. The van der Waals surface area contributed by atoms with E-state index < -0.39 is 10.8 Å². The van der Waals surface area contributed by atoms with Crippen molar-refractivity contribution in [3.05, 3.63) is 90.9 Å². The van der Waals surface area contributed by atoms with Gasteiger partial charge in [-0.25, -0.2) is 0 Å². The maximum Gasteiger partial charge on any atom is 0.270 e. The van der Waals surface area contributed by atoms with E-state index in [-0.39, 0.29) is 29.4 Å². The highest BCUT2D eigenvalue weighted by Gasteiger charge is 2.40. The summed E-state index contributed by atoms with van der Waals surface area (Å²) < 4.78 is 10.7. The first-order valence-corrected chi connectivity index (χ1v) is 10.7. The number of fused-ring (bicyclic) bond motifs is 1. The van der Waals surface area contributed by atoms with Gasteiger partial charge >= 0.3 is 0 Å². The van der Waals surface area contributed by atoms with Gasteiger partial charge in [0, 0.05) is 35.7 Å². The van der Waals surface area contributed by atoms with Crippen molar-refractivity contribution in [1.29, 1.82) is 0 Å². The Morgan fingerprint density at radius 3 is 2.32 bits per heavy atom. The Hall–Kier alpha value is -4.34. The summed E-state index contributed by atoms with van der Waals surface area (Å²) in [6.07, 6.45) is 0.809. The molecule has 0 bridgehead atoms. The molecule has 1 aliphatic carbocycles. The van der Waals surface area contributed by atoms with Gasteiger partial charge in [-0.05, 0) is 35.6 Å². The number of hydrogen-bond donors (Lipinski definition) is 3. The number of allylic oxidation sites excluding steroid dienone is 2. The van der Waals surface area contributed by atoms with Crippen molar-refractivity contribution in [2.75, 3.05) is 19.5 Å². The van der Waals surface area contributed by atoms with Crippen LogP contribution in [0.4, 0.5) is 11.5 Å². The number of Topliss-reactive ketones (excluding diaryl/α,β-unsaturated/α-hetero) is 1. The molecule has 0 radical (unpaired) electrons. The normalized spacial score (nSPS) is 19.2. The van der Waals surface area contributed by atoms with E-state index in [4.69, 9.17) is 9.47 Å². The lowest BCUT2D eigenvalue weighted by Gasteiger charge is -2.34. The molecule has 5 rings (SSSR count). The summed E-state index contributed by atoms with van der Waals surface area (Å²) in [4.78, 5) is 36.7. The second kappa shape index (κ2) is 8.22. The molecule has 2 aliphatic rings. The summed E-state index contributed by atoms with van der Waals surface area (Å²) in [6, 6.07) is 11.6. The summed E-state index contributed by atoms with van der Waals surface area (Å²) in [5.74, 6) is 0.891. The number of H-pyrrole nitrogens is 2. The number of anilines is 1. The van der Waals surface area contributed by atoms with E-state index in [0.717, 1.165) is 11.3 Å². The van der Waals surface area contributed by atoms with E-state index in [2.05, 4.69) is 15.5 Å². The minimum absolute atomic E-state index is 0.0569. The highest BCUT2D eigenvalue weighted by Crippen LogP contribution is 2.47. The molecule has 174 valence electrons. The Morgan fingerprint density at radius 1 is 0.941 bits per heavy atom. The summed E-state index contributed by atoms with van der Waals surface area (Å²) >= 11 is 0. The number of nitrogens with one attached hydrogen (secondary N) is 3. The largest absolute Gasteiger partial charge is 0.493 e. The number of hydrogen-bond acceptors (Lipinski definition) is 7. The number of non-ortho nitro benzene ring substituents is 1. The van der Waals surface area contributed by atoms with Crippen LogP contribution in [0.3, 0.4) is 0 Å². The Morgan fingerprint density at radius 2 is 1.65 bits per heavy atom. The number of carbonyl (C=O) groups excluding carboxylic acids is 1. The number of benzene rings is 2. The molecule has 0 fully saturated rings. The molecule has 34 heavy (non-hydrogen) atoms. The first-order valence-electron chi connectivity index (χ1n) is 10.7. The smallest absolute Gasteiger partial charge is 0.270 e. The first kappa shape index (κ1) is 21.5. The van der Waals surface area contributed by atoms with Crippen molar-refractivity contribution in [2.45, 2.75) is 24.7 Å². The van der Waals surface area contributed by atoms with Gasteiger partial charge in [-0.15, -0.1) is 0 Å². The van der Waals surface area contributed by atoms with Crippen LogP contribution in [0.5, 0.6) is 11.5 Å². The topological polar surface area (TPSA) is 139 Å². The number of nitrogens with zero attached hydrogens (tertiary/aromatic N) is 1. The average Bonchev–Trinajstić information content (AvgIpc) is 3.22. The van der Waals surface area contributed by atoms with E-state index in [1.807, 2.05) is 18.2 Å². The summed E-state index contributed by atoms with van der Waals surface area (Å²) in [5.41, 5.74) is 2.82. The van der Waals surface area contributed by atoms with Crippen LogP contribution in [0, 0.1) is 10.1 Å². The molecular weight excluding hydrogens is 440 g/mol. The first-order chi connectivity index (χ1) is 16.4. The molecule has 0 amide bonds. The van der Waals surface area contributed by atoms with Crippen LogP contribution in [0.25, 0.3) is 0 Å². The predicted molar refractivity (Wildman–Crippen MR) is 124 cm³/mol. The maximum absolute atomic E-state index is 13.5. The molecule has 2 heterocycles. The number of nitro groups is 1. The van der Waals surface area contributed by atoms with Gasteiger partial charge in [-0.1, -0.05) is 18.2 Å². The fourth-order valence-corrected chi connectivity index (χ4v) is 4.89. The molecule has 0 saturated carbocycles. The van der Waals surface area contributed by atoms with Crippen LogP contribution in [0.2, 0.25) is 0 Å². The van der Waals surface area contributed by atoms with Crippen LogP contribution in [-0.4, -0.2) is 35.1 Å². The molecule has 2 aromatic carbocycles. The number of methoxy groups -OCH3 is 2. The third kappa shape index (κ3) is 3.43. The summed E-state index contributed by atoms with van der Waals surface area (Å²) in [7, 11) is 3.13. The Balaban J connectivity index is 1.57. The number of rotatable bonds is 5. The molecule has 10 nitrogen and oxygen atoms in total. The number of aromatic nitrogens is 2. The molecule has 2 unspecified atom stereocenters. The zero-order chi connectivity index (χ0) is 24.0.